The zero-order valence-electron chi connectivity index (χ0n) is 12.3. The Labute approximate surface area is 128 Å². The maximum Gasteiger partial charge on any atom is 0.337 e. The van der Waals surface area contributed by atoms with Crippen LogP contribution in [0.1, 0.15) is 63.7 Å². The summed E-state index contributed by atoms with van der Waals surface area (Å²) in [5, 5.41) is 21.1. The van der Waals surface area contributed by atoms with Crippen molar-refractivity contribution in [3.8, 4) is 0 Å². The van der Waals surface area contributed by atoms with Gasteiger partial charge >= 0.3 is 11.9 Å². The molecule has 118 valence electrons. The summed E-state index contributed by atoms with van der Waals surface area (Å²) < 4.78 is 0. The zero-order chi connectivity index (χ0) is 16.3. The van der Waals surface area contributed by atoms with E-state index in [2.05, 4.69) is 12.2 Å². The molecule has 0 heterocycles. The fraction of sp³-hybridized carbons (Fsp3) is 0.438. The minimum atomic E-state index is -1.42. The van der Waals surface area contributed by atoms with Crippen molar-refractivity contribution >= 4 is 17.8 Å². The van der Waals surface area contributed by atoms with Gasteiger partial charge in [-0.05, 0) is 43.7 Å². The van der Waals surface area contributed by atoms with Crippen LogP contribution >= 0.6 is 0 Å². The first-order chi connectivity index (χ1) is 10.4. The molecule has 1 aliphatic rings. The molecule has 22 heavy (non-hydrogen) atoms. The summed E-state index contributed by atoms with van der Waals surface area (Å²) in [4.78, 5) is 34.8. The predicted molar refractivity (Wildman–Crippen MR) is 79.2 cm³/mol. The van der Waals surface area contributed by atoms with E-state index in [0.29, 0.717) is 5.92 Å². The number of carboxylic acid groups (broad SMARTS) is 2. The number of nitrogens with one attached hydrogen (secondary N) is 1. The molecule has 2 rings (SSSR count). The molecule has 1 saturated carbocycles. The lowest BCUT2D eigenvalue weighted by atomic mass is 9.87. The van der Waals surface area contributed by atoms with E-state index in [1.54, 1.807) is 0 Å². The van der Waals surface area contributed by atoms with E-state index < -0.39 is 23.4 Å². The maximum absolute atomic E-state index is 12.3. The van der Waals surface area contributed by atoms with Crippen LogP contribution in [0.3, 0.4) is 0 Å². The van der Waals surface area contributed by atoms with Gasteiger partial charge in [0, 0.05) is 6.04 Å². The van der Waals surface area contributed by atoms with Crippen molar-refractivity contribution < 1.29 is 24.6 Å². The smallest absolute Gasteiger partial charge is 0.337 e. The number of carbonyl (C=O) groups excluding carboxylic acids is 1. The van der Waals surface area contributed by atoms with Gasteiger partial charge in [0.05, 0.1) is 16.7 Å². The molecule has 0 aromatic heterocycles. The molecule has 3 N–H and O–H groups in total. The third-order valence-electron chi connectivity index (χ3n) is 4.10. The van der Waals surface area contributed by atoms with Gasteiger partial charge in [0.25, 0.3) is 5.91 Å². The Morgan fingerprint density at radius 3 is 2.14 bits per heavy atom. The van der Waals surface area contributed by atoms with Crippen LogP contribution in [0.5, 0.6) is 0 Å². The van der Waals surface area contributed by atoms with Gasteiger partial charge in [-0.2, -0.15) is 0 Å². The number of aromatic carboxylic acids is 2. The summed E-state index contributed by atoms with van der Waals surface area (Å²) in [5.41, 5.74) is -0.944. The van der Waals surface area contributed by atoms with Crippen molar-refractivity contribution in [2.24, 2.45) is 5.92 Å². The summed E-state index contributed by atoms with van der Waals surface area (Å²) in [6.07, 6.45) is 3.75. The third-order valence-corrected chi connectivity index (χ3v) is 4.10. The number of carboxylic acids is 2. The minimum Gasteiger partial charge on any atom is -0.478 e. The number of carbonyl (C=O) groups is 3. The lowest BCUT2D eigenvalue weighted by molar-refractivity contribution is 0.0648. The van der Waals surface area contributed by atoms with E-state index >= 15 is 0 Å². The average molecular weight is 305 g/mol. The fourth-order valence-corrected chi connectivity index (χ4v) is 2.82. The Kier molecular flexibility index (Phi) is 4.80. The van der Waals surface area contributed by atoms with Crippen molar-refractivity contribution in [2.45, 2.75) is 38.6 Å². The van der Waals surface area contributed by atoms with Crippen molar-refractivity contribution in [1.82, 2.24) is 5.32 Å². The molecule has 1 amide bonds. The first-order valence-corrected chi connectivity index (χ1v) is 7.30. The Morgan fingerprint density at radius 1 is 1.00 bits per heavy atom. The lowest BCUT2D eigenvalue weighted by Crippen LogP contribution is -2.38. The van der Waals surface area contributed by atoms with Gasteiger partial charge in [-0.25, -0.2) is 9.59 Å². The summed E-state index contributed by atoms with van der Waals surface area (Å²) >= 11 is 0. The van der Waals surface area contributed by atoms with Crippen molar-refractivity contribution in [1.29, 1.82) is 0 Å². The van der Waals surface area contributed by atoms with Gasteiger partial charge in [0.1, 0.15) is 0 Å². The maximum atomic E-state index is 12.3. The number of benzene rings is 1. The van der Waals surface area contributed by atoms with Crippen LogP contribution in [0.2, 0.25) is 0 Å². The Morgan fingerprint density at radius 2 is 1.59 bits per heavy atom. The summed E-state index contributed by atoms with van der Waals surface area (Å²) in [6.45, 7) is 2.16. The van der Waals surface area contributed by atoms with Gasteiger partial charge in [0.15, 0.2) is 0 Å². The average Bonchev–Trinajstić information content (AvgIpc) is 2.48. The molecule has 1 aromatic carbocycles. The van der Waals surface area contributed by atoms with Crippen molar-refractivity contribution in [2.75, 3.05) is 0 Å². The van der Waals surface area contributed by atoms with Crippen molar-refractivity contribution in [3.05, 3.63) is 34.9 Å². The normalized spacial score (nSPS) is 21.1. The highest BCUT2D eigenvalue weighted by molar-refractivity contribution is 6.10. The van der Waals surface area contributed by atoms with Crippen LogP contribution in [0.25, 0.3) is 0 Å². The fourth-order valence-electron chi connectivity index (χ4n) is 2.82. The van der Waals surface area contributed by atoms with Crippen molar-refractivity contribution in [3.63, 3.8) is 0 Å². The van der Waals surface area contributed by atoms with Crippen LogP contribution in [-0.2, 0) is 0 Å². The summed E-state index contributed by atoms with van der Waals surface area (Å²) in [7, 11) is 0. The molecule has 0 atom stereocenters. The number of amides is 1. The highest BCUT2D eigenvalue weighted by Crippen LogP contribution is 2.24. The van der Waals surface area contributed by atoms with E-state index in [1.807, 2.05) is 0 Å². The molecular formula is C16H19NO5. The molecule has 0 bridgehead atoms. The van der Waals surface area contributed by atoms with E-state index in [4.69, 9.17) is 5.11 Å². The quantitative estimate of drug-likeness (QED) is 0.792. The number of rotatable bonds is 4. The van der Waals surface area contributed by atoms with E-state index in [0.717, 1.165) is 25.7 Å². The molecule has 0 radical (unpaired) electrons. The molecule has 0 spiro atoms. The summed E-state index contributed by atoms with van der Waals surface area (Å²) in [5.74, 6) is -2.67. The second-order valence-corrected chi connectivity index (χ2v) is 5.77. The van der Waals surface area contributed by atoms with Gasteiger partial charge in [-0.1, -0.05) is 13.0 Å². The van der Waals surface area contributed by atoms with Crippen LogP contribution in [-0.4, -0.2) is 34.1 Å². The number of hydrogen-bond acceptors (Lipinski definition) is 3. The lowest BCUT2D eigenvalue weighted by Gasteiger charge is -2.27. The van der Waals surface area contributed by atoms with Crippen LogP contribution in [0.4, 0.5) is 0 Å². The van der Waals surface area contributed by atoms with Crippen LogP contribution < -0.4 is 5.32 Å². The second kappa shape index (κ2) is 6.60. The molecule has 0 unspecified atom stereocenters. The minimum absolute atomic E-state index is 0.0128. The molecule has 6 heteroatoms. The number of hydrogen-bond donors (Lipinski definition) is 3. The molecule has 1 aromatic rings. The topological polar surface area (TPSA) is 104 Å². The largest absolute Gasteiger partial charge is 0.478 e. The molecule has 1 aliphatic carbocycles. The molecule has 0 saturated heterocycles. The Hall–Kier alpha value is -2.37. The highest BCUT2D eigenvalue weighted by Gasteiger charge is 2.26. The summed E-state index contributed by atoms with van der Waals surface area (Å²) in [6, 6.07) is 3.92. The molecular weight excluding hydrogens is 286 g/mol. The molecule has 0 aliphatic heterocycles. The van der Waals surface area contributed by atoms with Gasteiger partial charge < -0.3 is 15.5 Å². The van der Waals surface area contributed by atoms with Crippen LogP contribution in [0.15, 0.2) is 18.2 Å². The second-order valence-electron chi connectivity index (χ2n) is 5.77. The monoisotopic (exact) mass is 305 g/mol. The SMILES string of the molecule is CC1CCC(NC(=O)c2cccc(C(=O)O)c2C(=O)O)CC1. The van der Waals surface area contributed by atoms with E-state index in [-0.39, 0.29) is 17.2 Å². The highest BCUT2D eigenvalue weighted by atomic mass is 16.4. The van der Waals surface area contributed by atoms with Gasteiger partial charge in [-0.3, -0.25) is 4.79 Å². The zero-order valence-corrected chi connectivity index (χ0v) is 12.3. The Bertz CT molecular complexity index is 603. The Balaban J connectivity index is 2.24. The van der Waals surface area contributed by atoms with Crippen LogP contribution in [0, 0.1) is 5.92 Å². The first kappa shape index (κ1) is 16.0. The first-order valence-electron chi connectivity index (χ1n) is 7.30. The van der Waals surface area contributed by atoms with Gasteiger partial charge in [-0.15, -0.1) is 0 Å². The predicted octanol–water partition coefficient (Wildman–Crippen LogP) is 2.39. The third kappa shape index (κ3) is 3.44. The molecule has 1 fully saturated rings. The molecule has 6 nitrogen and oxygen atoms in total. The van der Waals surface area contributed by atoms with Gasteiger partial charge in [0.2, 0.25) is 0 Å². The van der Waals surface area contributed by atoms with E-state index in [9.17, 15) is 19.5 Å². The van der Waals surface area contributed by atoms with E-state index in [1.165, 1.54) is 18.2 Å². The standard InChI is InChI=1S/C16H19NO5/c1-9-5-7-10(8-6-9)17-14(18)11-3-2-4-12(15(19)20)13(11)16(21)22/h2-4,9-10H,5-8H2,1H3,(H,17,18)(H,19,20)(H,21,22).